The van der Waals surface area contributed by atoms with E-state index in [4.69, 9.17) is 10.2 Å². The number of rotatable bonds is 4. The van der Waals surface area contributed by atoms with Gasteiger partial charge in [0.15, 0.2) is 0 Å². The molecule has 0 aliphatic rings. The Bertz CT molecular complexity index is 363. The first-order chi connectivity index (χ1) is 7.43. The van der Waals surface area contributed by atoms with E-state index < -0.39 is 23.8 Å². The summed E-state index contributed by atoms with van der Waals surface area (Å²) in [6.45, 7) is 2.99. The Labute approximate surface area is 92.0 Å². The molecule has 0 aliphatic heterocycles. The predicted octanol–water partition coefficient (Wildman–Crippen LogP) is 0.853. The number of carboxylic acid groups (broad SMARTS) is 2. The molecule has 0 aromatic carbocycles. The average molecular weight is 224 g/mol. The monoisotopic (exact) mass is 224 g/mol. The van der Waals surface area contributed by atoms with E-state index >= 15 is 0 Å². The van der Waals surface area contributed by atoms with Crippen molar-refractivity contribution in [3.05, 3.63) is 23.8 Å². The van der Waals surface area contributed by atoms with Crippen LogP contribution in [-0.2, 0) is 9.59 Å². The van der Waals surface area contributed by atoms with E-state index in [0.717, 1.165) is 0 Å². The molecule has 1 aromatic heterocycles. The van der Waals surface area contributed by atoms with Gasteiger partial charge in [0.25, 0.3) is 0 Å². The van der Waals surface area contributed by atoms with Gasteiger partial charge in [-0.2, -0.15) is 0 Å². The van der Waals surface area contributed by atoms with Crippen LogP contribution in [0.25, 0.3) is 0 Å². The standard InChI is InChI=1S/C10H12N2O4/c1-5(9(13)14)7-3-12-8(4-11-7)6(2)10(15)16/h3-6H,1-2H3,(H,13,14)(H,15,16). The van der Waals surface area contributed by atoms with Crippen molar-refractivity contribution in [2.24, 2.45) is 0 Å². The molecule has 0 saturated carbocycles. The lowest BCUT2D eigenvalue weighted by molar-refractivity contribution is -0.139. The fourth-order valence-electron chi connectivity index (χ4n) is 1.05. The van der Waals surface area contributed by atoms with Gasteiger partial charge in [-0.25, -0.2) is 0 Å². The van der Waals surface area contributed by atoms with Crippen LogP contribution in [0.1, 0.15) is 37.1 Å². The molecule has 0 spiro atoms. The maximum Gasteiger partial charge on any atom is 0.312 e. The van der Waals surface area contributed by atoms with Crippen LogP contribution in [0.4, 0.5) is 0 Å². The molecule has 1 aromatic rings. The number of hydrogen-bond acceptors (Lipinski definition) is 4. The van der Waals surface area contributed by atoms with Crippen molar-refractivity contribution in [2.45, 2.75) is 25.7 Å². The van der Waals surface area contributed by atoms with Crippen LogP contribution in [0.5, 0.6) is 0 Å². The van der Waals surface area contributed by atoms with Gasteiger partial charge in [0.2, 0.25) is 0 Å². The van der Waals surface area contributed by atoms with Gasteiger partial charge in [0.05, 0.1) is 23.2 Å². The van der Waals surface area contributed by atoms with Crippen LogP contribution in [0.3, 0.4) is 0 Å². The SMILES string of the molecule is CC(C(=O)O)c1cnc(C(C)C(=O)O)cn1. The lowest BCUT2D eigenvalue weighted by atomic mass is 10.1. The summed E-state index contributed by atoms with van der Waals surface area (Å²) in [5.41, 5.74) is 0.627. The van der Waals surface area contributed by atoms with Crippen LogP contribution in [0, 0.1) is 0 Å². The molecule has 0 fully saturated rings. The summed E-state index contributed by atoms with van der Waals surface area (Å²) < 4.78 is 0. The Morgan fingerprint density at radius 3 is 1.50 bits per heavy atom. The van der Waals surface area contributed by atoms with Gasteiger partial charge in [-0.3, -0.25) is 19.6 Å². The Morgan fingerprint density at radius 2 is 1.31 bits per heavy atom. The van der Waals surface area contributed by atoms with E-state index in [1.807, 2.05) is 0 Å². The highest BCUT2D eigenvalue weighted by Gasteiger charge is 2.18. The molecule has 0 saturated heterocycles. The Kier molecular flexibility index (Phi) is 3.55. The Hall–Kier alpha value is -1.98. The number of carbonyl (C=O) groups is 2. The number of aliphatic carboxylic acids is 2. The van der Waals surface area contributed by atoms with Crippen molar-refractivity contribution in [3.63, 3.8) is 0 Å². The summed E-state index contributed by atoms with van der Waals surface area (Å²) in [6.07, 6.45) is 2.60. The largest absolute Gasteiger partial charge is 0.481 e. The summed E-state index contributed by atoms with van der Waals surface area (Å²) in [4.78, 5) is 29.1. The molecule has 2 atom stereocenters. The second kappa shape index (κ2) is 4.69. The second-order valence-corrected chi connectivity index (χ2v) is 3.49. The van der Waals surface area contributed by atoms with Crippen molar-refractivity contribution in [2.75, 3.05) is 0 Å². The average Bonchev–Trinajstić information content (AvgIpc) is 2.27. The molecule has 2 unspecified atom stereocenters. The number of nitrogens with zero attached hydrogens (tertiary/aromatic N) is 2. The molecule has 0 amide bonds. The van der Waals surface area contributed by atoms with Gasteiger partial charge in [0, 0.05) is 12.4 Å². The van der Waals surface area contributed by atoms with Crippen LogP contribution in [0.15, 0.2) is 12.4 Å². The summed E-state index contributed by atoms with van der Waals surface area (Å²) >= 11 is 0. The van der Waals surface area contributed by atoms with Crippen molar-refractivity contribution in [1.29, 1.82) is 0 Å². The minimum atomic E-state index is -0.992. The molecule has 0 radical (unpaired) electrons. The quantitative estimate of drug-likeness (QED) is 0.786. The van der Waals surface area contributed by atoms with Crippen LogP contribution >= 0.6 is 0 Å². The number of aromatic nitrogens is 2. The number of hydrogen-bond donors (Lipinski definition) is 2. The van der Waals surface area contributed by atoms with Crippen molar-refractivity contribution in [1.82, 2.24) is 9.97 Å². The first-order valence-electron chi connectivity index (χ1n) is 4.71. The number of carboxylic acids is 2. The summed E-state index contributed by atoms with van der Waals surface area (Å²) in [5, 5.41) is 17.5. The molecular weight excluding hydrogens is 212 g/mol. The van der Waals surface area contributed by atoms with Crippen molar-refractivity contribution < 1.29 is 19.8 Å². The van der Waals surface area contributed by atoms with Crippen LogP contribution < -0.4 is 0 Å². The minimum Gasteiger partial charge on any atom is -0.481 e. The molecule has 6 heteroatoms. The molecule has 1 rings (SSSR count). The summed E-state index contributed by atoms with van der Waals surface area (Å²) in [6, 6.07) is 0. The summed E-state index contributed by atoms with van der Waals surface area (Å²) in [7, 11) is 0. The zero-order chi connectivity index (χ0) is 12.3. The Balaban J connectivity index is 2.91. The van der Waals surface area contributed by atoms with Crippen LogP contribution in [0.2, 0.25) is 0 Å². The van der Waals surface area contributed by atoms with E-state index in [1.54, 1.807) is 0 Å². The maximum atomic E-state index is 10.7. The third kappa shape index (κ3) is 2.53. The molecule has 2 N–H and O–H groups in total. The normalized spacial score (nSPS) is 14.1. The highest BCUT2D eigenvalue weighted by atomic mass is 16.4. The summed E-state index contributed by atoms with van der Waals surface area (Å²) in [5.74, 6) is -3.48. The highest BCUT2D eigenvalue weighted by molar-refractivity contribution is 5.75. The molecule has 0 aliphatic carbocycles. The Morgan fingerprint density at radius 1 is 1.00 bits per heavy atom. The highest BCUT2D eigenvalue weighted by Crippen LogP contribution is 2.15. The molecule has 6 nitrogen and oxygen atoms in total. The van der Waals surface area contributed by atoms with Gasteiger partial charge >= 0.3 is 11.9 Å². The van der Waals surface area contributed by atoms with Crippen molar-refractivity contribution >= 4 is 11.9 Å². The molecule has 0 bridgehead atoms. The zero-order valence-corrected chi connectivity index (χ0v) is 8.91. The topological polar surface area (TPSA) is 100 Å². The molecule has 16 heavy (non-hydrogen) atoms. The van der Waals surface area contributed by atoms with E-state index in [1.165, 1.54) is 26.2 Å². The zero-order valence-electron chi connectivity index (χ0n) is 8.91. The third-order valence-electron chi connectivity index (χ3n) is 2.32. The first-order valence-corrected chi connectivity index (χ1v) is 4.71. The fourth-order valence-corrected chi connectivity index (χ4v) is 1.05. The lowest BCUT2D eigenvalue weighted by Gasteiger charge is -2.08. The van der Waals surface area contributed by atoms with Gasteiger partial charge < -0.3 is 10.2 Å². The molecule has 86 valence electrons. The first kappa shape index (κ1) is 12.1. The molecule has 1 heterocycles. The predicted molar refractivity (Wildman–Crippen MR) is 54.1 cm³/mol. The third-order valence-corrected chi connectivity index (χ3v) is 2.32. The van der Waals surface area contributed by atoms with E-state index in [9.17, 15) is 9.59 Å². The van der Waals surface area contributed by atoms with Gasteiger partial charge in [-0.15, -0.1) is 0 Å². The smallest absolute Gasteiger partial charge is 0.312 e. The van der Waals surface area contributed by atoms with E-state index in [0.29, 0.717) is 11.4 Å². The van der Waals surface area contributed by atoms with Gasteiger partial charge in [0.1, 0.15) is 0 Å². The van der Waals surface area contributed by atoms with Gasteiger partial charge in [-0.05, 0) is 13.8 Å². The van der Waals surface area contributed by atoms with Crippen LogP contribution in [-0.4, -0.2) is 32.1 Å². The lowest BCUT2D eigenvalue weighted by Crippen LogP contribution is -2.13. The van der Waals surface area contributed by atoms with Gasteiger partial charge in [-0.1, -0.05) is 0 Å². The van der Waals surface area contributed by atoms with E-state index in [2.05, 4.69) is 9.97 Å². The maximum absolute atomic E-state index is 10.7. The van der Waals surface area contributed by atoms with E-state index in [-0.39, 0.29) is 0 Å². The molecular formula is C10H12N2O4. The second-order valence-electron chi connectivity index (χ2n) is 3.49. The minimum absolute atomic E-state index is 0.314. The fraction of sp³-hybridized carbons (Fsp3) is 0.400. The van der Waals surface area contributed by atoms with Crippen molar-refractivity contribution in [3.8, 4) is 0 Å².